The van der Waals surface area contributed by atoms with Crippen molar-refractivity contribution < 1.29 is 17.7 Å². The summed E-state index contributed by atoms with van der Waals surface area (Å²) in [6, 6.07) is 16.3. The maximum absolute atomic E-state index is 12.7. The molecule has 0 aliphatic carbocycles. The van der Waals surface area contributed by atoms with Crippen molar-refractivity contribution in [1.29, 1.82) is 5.26 Å². The highest BCUT2D eigenvalue weighted by molar-refractivity contribution is 7.89. The Labute approximate surface area is 180 Å². The van der Waals surface area contributed by atoms with E-state index in [0.29, 0.717) is 35.7 Å². The topological polar surface area (TPSA) is 116 Å². The number of rotatable bonds is 5. The Morgan fingerprint density at radius 2 is 1.71 bits per heavy atom. The van der Waals surface area contributed by atoms with E-state index in [2.05, 4.69) is 10.5 Å². The van der Waals surface area contributed by atoms with Crippen LogP contribution in [-0.4, -0.2) is 36.9 Å². The second-order valence-corrected chi connectivity index (χ2v) is 9.15. The molecule has 0 saturated carbocycles. The maximum Gasteiger partial charge on any atom is 0.277 e. The third-order valence-corrected chi connectivity index (χ3v) is 7.02. The van der Waals surface area contributed by atoms with Gasteiger partial charge in [-0.2, -0.15) is 9.57 Å². The van der Waals surface area contributed by atoms with Crippen LogP contribution >= 0.6 is 0 Å². The molecule has 158 valence electrons. The summed E-state index contributed by atoms with van der Waals surface area (Å²) in [5, 5.41) is 15.4. The molecule has 1 aromatic heterocycles. The molecule has 8 nitrogen and oxygen atoms in total. The molecule has 0 unspecified atom stereocenters. The third-order valence-electron chi connectivity index (χ3n) is 5.11. The first-order chi connectivity index (χ1) is 15.0. The van der Waals surface area contributed by atoms with E-state index in [9.17, 15) is 13.2 Å². The molecule has 3 aromatic rings. The van der Waals surface area contributed by atoms with Gasteiger partial charge in [0.2, 0.25) is 10.0 Å². The van der Waals surface area contributed by atoms with Crippen molar-refractivity contribution in [3.05, 3.63) is 65.9 Å². The summed E-state index contributed by atoms with van der Waals surface area (Å²) in [4.78, 5) is 12.7. The predicted molar refractivity (Wildman–Crippen MR) is 114 cm³/mol. The number of carbonyl (C=O) groups excluding carboxylic acids is 1. The van der Waals surface area contributed by atoms with Crippen molar-refractivity contribution in [2.45, 2.75) is 24.2 Å². The number of sulfonamides is 1. The Morgan fingerprint density at radius 1 is 1.03 bits per heavy atom. The summed E-state index contributed by atoms with van der Waals surface area (Å²) < 4.78 is 32.2. The molecule has 0 spiro atoms. The Bertz CT molecular complexity index is 1220. The van der Waals surface area contributed by atoms with E-state index in [4.69, 9.17) is 9.78 Å². The quantitative estimate of drug-likeness (QED) is 0.653. The number of hydrogen-bond donors (Lipinski definition) is 1. The van der Waals surface area contributed by atoms with Crippen LogP contribution in [0.25, 0.3) is 11.3 Å². The largest absolute Gasteiger partial charge is 0.355 e. The van der Waals surface area contributed by atoms with Crippen molar-refractivity contribution in [1.82, 2.24) is 9.46 Å². The second kappa shape index (κ2) is 8.71. The van der Waals surface area contributed by atoms with Gasteiger partial charge in [0.25, 0.3) is 5.91 Å². The summed E-state index contributed by atoms with van der Waals surface area (Å²) in [7, 11) is -3.52. The third kappa shape index (κ3) is 4.50. The molecule has 1 amide bonds. The van der Waals surface area contributed by atoms with Crippen molar-refractivity contribution in [3.63, 3.8) is 0 Å². The monoisotopic (exact) mass is 436 g/mol. The predicted octanol–water partition coefficient (Wildman–Crippen LogP) is 3.64. The number of aromatic nitrogens is 1. The van der Waals surface area contributed by atoms with Gasteiger partial charge >= 0.3 is 0 Å². The highest BCUT2D eigenvalue weighted by atomic mass is 32.2. The fraction of sp³-hybridized carbons (Fsp3) is 0.227. The van der Waals surface area contributed by atoms with Crippen LogP contribution in [0.1, 0.15) is 35.3 Å². The van der Waals surface area contributed by atoms with Crippen LogP contribution in [0.3, 0.4) is 0 Å². The van der Waals surface area contributed by atoms with Gasteiger partial charge < -0.3 is 9.84 Å². The minimum Gasteiger partial charge on any atom is -0.355 e. The van der Waals surface area contributed by atoms with Gasteiger partial charge in [-0.3, -0.25) is 4.79 Å². The fourth-order valence-electron chi connectivity index (χ4n) is 3.39. The summed E-state index contributed by atoms with van der Waals surface area (Å²) in [5.41, 5.74) is 1.75. The molecule has 1 fully saturated rings. The Morgan fingerprint density at radius 3 is 2.35 bits per heavy atom. The van der Waals surface area contributed by atoms with E-state index in [1.165, 1.54) is 22.5 Å². The molecule has 31 heavy (non-hydrogen) atoms. The van der Waals surface area contributed by atoms with Gasteiger partial charge in [0.1, 0.15) is 0 Å². The average Bonchev–Trinajstić information content (AvgIpc) is 3.31. The minimum atomic E-state index is -3.52. The maximum atomic E-state index is 12.7. The van der Waals surface area contributed by atoms with Crippen LogP contribution in [0.2, 0.25) is 0 Å². The Hall–Kier alpha value is -3.48. The van der Waals surface area contributed by atoms with E-state index in [1.54, 1.807) is 36.4 Å². The first kappa shape index (κ1) is 20.8. The summed E-state index contributed by atoms with van der Waals surface area (Å²) >= 11 is 0. The van der Waals surface area contributed by atoms with Crippen molar-refractivity contribution >= 4 is 21.6 Å². The number of amides is 1. The number of nitrogens with one attached hydrogen (secondary N) is 1. The van der Waals surface area contributed by atoms with Gasteiger partial charge in [-0.1, -0.05) is 11.6 Å². The molecular formula is C22H20N4O4S. The average molecular weight is 436 g/mol. The van der Waals surface area contributed by atoms with Crippen LogP contribution in [0.4, 0.5) is 5.69 Å². The van der Waals surface area contributed by atoms with Crippen LogP contribution in [0.5, 0.6) is 0 Å². The van der Waals surface area contributed by atoms with E-state index >= 15 is 0 Å². The standard InChI is InChI=1S/C22H20N4O4S/c23-15-16-4-6-17(7-5-16)21-14-20(25-30-21)22(27)24-18-8-10-19(11-9-18)31(28,29)26-12-2-1-3-13-26/h4-11,14H,1-3,12-13H2,(H,24,27). The number of nitriles is 1. The number of hydrogen-bond acceptors (Lipinski definition) is 6. The van der Waals surface area contributed by atoms with Gasteiger partial charge in [-0.15, -0.1) is 0 Å². The van der Waals surface area contributed by atoms with E-state index in [-0.39, 0.29) is 10.6 Å². The zero-order valence-corrected chi connectivity index (χ0v) is 17.4. The number of carbonyl (C=O) groups is 1. The molecule has 1 saturated heterocycles. The lowest BCUT2D eigenvalue weighted by Crippen LogP contribution is -2.35. The van der Waals surface area contributed by atoms with Gasteiger partial charge in [-0.05, 0) is 61.4 Å². The molecule has 4 rings (SSSR count). The zero-order chi connectivity index (χ0) is 21.8. The van der Waals surface area contributed by atoms with Crippen molar-refractivity contribution in [2.75, 3.05) is 18.4 Å². The molecule has 2 aromatic carbocycles. The lowest BCUT2D eigenvalue weighted by molar-refractivity contribution is 0.101. The normalized spacial score (nSPS) is 14.7. The molecule has 0 radical (unpaired) electrons. The van der Waals surface area contributed by atoms with Crippen LogP contribution < -0.4 is 5.32 Å². The lowest BCUT2D eigenvalue weighted by Gasteiger charge is -2.25. The van der Waals surface area contributed by atoms with Crippen LogP contribution in [-0.2, 0) is 10.0 Å². The number of anilines is 1. The molecule has 0 atom stereocenters. The molecule has 1 aliphatic rings. The lowest BCUT2D eigenvalue weighted by atomic mass is 10.1. The van der Waals surface area contributed by atoms with Gasteiger partial charge in [-0.25, -0.2) is 8.42 Å². The first-order valence-corrected chi connectivity index (χ1v) is 11.3. The van der Waals surface area contributed by atoms with Crippen molar-refractivity contribution in [3.8, 4) is 17.4 Å². The van der Waals surface area contributed by atoms with E-state index < -0.39 is 15.9 Å². The summed E-state index contributed by atoms with van der Waals surface area (Å²) in [5.74, 6) is -0.0760. The first-order valence-electron chi connectivity index (χ1n) is 9.86. The SMILES string of the molecule is N#Cc1ccc(-c2cc(C(=O)Nc3ccc(S(=O)(=O)N4CCCCC4)cc3)no2)cc1. The number of benzene rings is 2. The molecule has 9 heteroatoms. The fourth-order valence-corrected chi connectivity index (χ4v) is 4.90. The molecule has 2 heterocycles. The number of nitrogens with zero attached hydrogens (tertiary/aromatic N) is 3. The second-order valence-electron chi connectivity index (χ2n) is 7.21. The minimum absolute atomic E-state index is 0.0874. The van der Waals surface area contributed by atoms with Crippen LogP contribution in [0, 0.1) is 11.3 Å². The van der Waals surface area contributed by atoms with Gasteiger partial charge in [0.05, 0.1) is 16.5 Å². The highest BCUT2D eigenvalue weighted by Gasteiger charge is 2.25. The van der Waals surface area contributed by atoms with Crippen LogP contribution in [0.15, 0.2) is 64.0 Å². The molecular weight excluding hydrogens is 416 g/mol. The van der Waals surface area contributed by atoms with Gasteiger partial charge in [0, 0.05) is 30.4 Å². The summed E-state index contributed by atoms with van der Waals surface area (Å²) in [6.45, 7) is 1.07. The van der Waals surface area contributed by atoms with Crippen molar-refractivity contribution in [2.24, 2.45) is 0 Å². The number of piperidine rings is 1. The zero-order valence-electron chi connectivity index (χ0n) is 16.6. The molecule has 0 bridgehead atoms. The van der Waals surface area contributed by atoms with E-state index in [0.717, 1.165) is 19.3 Å². The van der Waals surface area contributed by atoms with Gasteiger partial charge in [0.15, 0.2) is 11.5 Å². The molecule has 1 N–H and O–H groups in total. The smallest absolute Gasteiger partial charge is 0.277 e. The summed E-state index contributed by atoms with van der Waals surface area (Å²) in [6.07, 6.45) is 2.79. The molecule has 1 aliphatic heterocycles. The Balaban J connectivity index is 1.44. The van der Waals surface area contributed by atoms with E-state index in [1.807, 2.05) is 6.07 Å². The highest BCUT2D eigenvalue weighted by Crippen LogP contribution is 2.23. The Kier molecular flexibility index (Phi) is 5.84.